The summed E-state index contributed by atoms with van der Waals surface area (Å²) in [5, 5.41) is 13.5. The van der Waals surface area contributed by atoms with Crippen molar-refractivity contribution in [3.05, 3.63) is 74.2 Å². The molecule has 5 nitrogen and oxygen atoms in total. The van der Waals surface area contributed by atoms with Crippen LogP contribution in [0.5, 0.6) is 0 Å². The van der Waals surface area contributed by atoms with Gasteiger partial charge >= 0.3 is 0 Å². The molecule has 0 spiro atoms. The van der Waals surface area contributed by atoms with Crippen molar-refractivity contribution in [3.8, 4) is 0 Å². The number of benzene rings is 2. The minimum Gasteiger partial charge on any atom is -0.349 e. The monoisotopic (exact) mass is 362 g/mol. The second-order valence-corrected chi connectivity index (χ2v) is 5.77. The maximum atomic E-state index is 12.1. The highest BCUT2D eigenvalue weighted by molar-refractivity contribution is 9.10. The number of carbonyl (C=O) groups excluding carboxylic acids is 1. The number of rotatable bonds is 5. The molecule has 0 heterocycles. The van der Waals surface area contributed by atoms with Gasteiger partial charge in [0.1, 0.15) is 0 Å². The first-order chi connectivity index (χ1) is 10.5. The third-order valence-corrected chi connectivity index (χ3v) is 3.98. The molecule has 2 rings (SSSR count). The summed E-state index contributed by atoms with van der Waals surface area (Å²) in [5.41, 5.74) is 1.76. The fourth-order valence-corrected chi connectivity index (χ4v) is 2.75. The van der Waals surface area contributed by atoms with Crippen LogP contribution < -0.4 is 5.32 Å². The highest BCUT2D eigenvalue weighted by atomic mass is 79.9. The van der Waals surface area contributed by atoms with Crippen LogP contribution in [0.15, 0.2) is 53.0 Å². The Labute approximate surface area is 136 Å². The van der Waals surface area contributed by atoms with Gasteiger partial charge in [-0.1, -0.05) is 46.3 Å². The second kappa shape index (κ2) is 7.17. The number of hydrogen-bond donors (Lipinski definition) is 1. The van der Waals surface area contributed by atoms with Crippen molar-refractivity contribution in [2.75, 3.05) is 0 Å². The van der Waals surface area contributed by atoms with E-state index in [2.05, 4.69) is 21.2 Å². The van der Waals surface area contributed by atoms with Crippen LogP contribution in [0.1, 0.15) is 24.1 Å². The molecule has 22 heavy (non-hydrogen) atoms. The number of nitrogens with zero attached hydrogens (tertiary/aromatic N) is 1. The third-order valence-electron chi connectivity index (χ3n) is 3.26. The van der Waals surface area contributed by atoms with E-state index in [0.717, 1.165) is 15.6 Å². The quantitative estimate of drug-likeness (QED) is 0.649. The van der Waals surface area contributed by atoms with Gasteiger partial charge in [-0.3, -0.25) is 14.9 Å². The zero-order chi connectivity index (χ0) is 16.1. The van der Waals surface area contributed by atoms with Gasteiger partial charge < -0.3 is 5.32 Å². The van der Waals surface area contributed by atoms with Crippen molar-refractivity contribution < 1.29 is 9.72 Å². The minimum absolute atomic E-state index is 0.0192. The summed E-state index contributed by atoms with van der Waals surface area (Å²) in [7, 11) is 0. The first-order valence-corrected chi connectivity index (χ1v) is 7.54. The van der Waals surface area contributed by atoms with E-state index in [1.165, 1.54) is 12.1 Å². The van der Waals surface area contributed by atoms with Crippen LogP contribution in [-0.2, 0) is 11.2 Å². The molecule has 0 bridgehead atoms. The lowest BCUT2D eigenvalue weighted by Crippen LogP contribution is -2.28. The molecule has 0 saturated heterocycles. The van der Waals surface area contributed by atoms with Crippen molar-refractivity contribution in [2.45, 2.75) is 19.4 Å². The Morgan fingerprint density at radius 1 is 1.23 bits per heavy atom. The lowest BCUT2D eigenvalue weighted by Gasteiger charge is -2.15. The van der Waals surface area contributed by atoms with Crippen LogP contribution >= 0.6 is 15.9 Å². The highest BCUT2D eigenvalue weighted by Gasteiger charge is 2.13. The molecule has 2 aromatic carbocycles. The summed E-state index contributed by atoms with van der Waals surface area (Å²) in [5.74, 6) is -0.128. The average molecular weight is 363 g/mol. The van der Waals surface area contributed by atoms with Gasteiger partial charge in [0, 0.05) is 16.6 Å². The molecule has 0 saturated carbocycles. The second-order valence-electron chi connectivity index (χ2n) is 4.91. The SMILES string of the molecule is C[C@@H](NC(=O)Cc1ccc([N+](=O)[O-])cc1)c1ccccc1Br. The molecule has 1 atom stereocenters. The predicted octanol–water partition coefficient (Wildman–Crippen LogP) is 3.78. The number of nitro benzene ring substituents is 1. The van der Waals surface area contributed by atoms with E-state index in [1.54, 1.807) is 12.1 Å². The zero-order valence-electron chi connectivity index (χ0n) is 12.0. The molecular weight excluding hydrogens is 348 g/mol. The molecule has 114 valence electrons. The van der Waals surface area contributed by atoms with E-state index in [1.807, 2.05) is 31.2 Å². The molecule has 0 aliphatic heterocycles. The van der Waals surface area contributed by atoms with E-state index in [4.69, 9.17) is 0 Å². The standard InChI is InChI=1S/C16H15BrN2O3/c1-11(14-4-2-3-5-15(14)17)18-16(20)10-12-6-8-13(9-7-12)19(21)22/h2-9,11H,10H2,1H3,(H,18,20)/t11-/m1/s1. The van der Waals surface area contributed by atoms with E-state index < -0.39 is 4.92 Å². The van der Waals surface area contributed by atoms with E-state index in [9.17, 15) is 14.9 Å². The predicted molar refractivity (Wildman–Crippen MR) is 87.5 cm³/mol. The number of nitro groups is 1. The molecule has 0 radical (unpaired) electrons. The zero-order valence-corrected chi connectivity index (χ0v) is 13.5. The number of nitrogens with one attached hydrogen (secondary N) is 1. The van der Waals surface area contributed by atoms with Crippen molar-refractivity contribution in [2.24, 2.45) is 0 Å². The Morgan fingerprint density at radius 2 is 1.86 bits per heavy atom. The first kappa shape index (κ1) is 16.2. The van der Waals surface area contributed by atoms with Crippen molar-refractivity contribution in [1.29, 1.82) is 0 Å². The number of non-ortho nitro benzene ring substituents is 1. The maximum absolute atomic E-state index is 12.1. The Balaban J connectivity index is 1.98. The summed E-state index contributed by atoms with van der Waals surface area (Å²) in [4.78, 5) is 22.2. The normalized spacial score (nSPS) is 11.7. The van der Waals surface area contributed by atoms with Gasteiger partial charge in [0.25, 0.3) is 5.69 Å². The molecule has 0 unspecified atom stereocenters. The van der Waals surface area contributed by atoms with Crippen LogP contribution in [0.2, 0.25) is 0 Å². The Hall–Kier alpha value is -2.21. The molecule has 0 aliphatic carbocycles. The first-order valence-electron chi connectivity index (χ1n) is 6.74. The Morgan fingerprint density at radius 3 is 2.45 bits per heavy atom. The molecule has 0 aliphatic rings. The van der Waals surface area contributed by atoms with Crippen molar-refractivity contribution in [1.82, 2.24) is 5.32 Å². The lowest BCUT2D eigenvalue weighted by molar-refractivity contribution is -0.384. The summed E-state index contributed by atoms with van der Waals surface area (Å²) in [6, 6.07) is 13.6. The molecule has 0 fully saturated rings. The molecule has 0 aromatic heterocycles. The van der Waals surface area contributed by atoms with E-state index in [-0.39, 0.29) is 24.1 Å². The van der Waals surface area contributed by atoms with Gasteiger partial charge in [0.15, 0.2) is 0 Å². The highest BCUT2D eigenvalue weighted by Crippen LogP contribution is 2.22. The van der Waals surface area contributed by atoms with Crippen LogP contribution in [0.25, 0.3) is 0 Å². The van der Waals surface area contributed by atoms with Gasteiger partial charge in [-0.25, -0.2) is 0 Å². The molecule has 1 amide bonds. The molecular formula is C16H15BrN2O3. The smallest absolute Gasteiger partial charge is 0.269 e. The van der Waals surface area contributed by atoms with E-state index >= 15 is 0 Å². The van der Waals surface area contributed by atoms with Crippen molar-refractivity contribution >= 4 is 27.5 Å². The topological polar surface area (TPSA) is 72.2 Å². The number of hydrogen-bond acceptors (Lipinski definition) is 3. The fourth-order valence-electron chi connectivity index (χ4n) is 2.12. The Kier molecular flexibility index (Phi) is 5.27. The van der Waals surface area contributed by atoms with Gasteiger partial charge in [-0.05, 0) is 24.1 Å². The van der Waals surface area contributed by atoms with Crippen LogP contribution in [0.3, 0.4) is 0 Å². The minimum atomic E-state index is -0.459. The van der Waals surface area contributed by atoms with Gasteiger partial charge in [0.2, 0.25) is 5.91 Å². The Bertz CT molecular complexity index is 686. The van der Waals surface area contributed by atoms with E-state index in [0.29, 0.717) is 0 Å². The average Bonchev–Trinajstić information content (AvgIpc) is 2.48. The van der Waals surface area contributed by atoms with Gasteiger partial charge in [0.05, 0.1) is 17.4 Å². The third kappa shape index (κ3) is 4.14. The van der Waals surface area contributed by atoms with Crippen molar-refractivity contribution in [3.63, 3.8) is 0 Å². The fraction of sp³-hybridized carbons (Fsp3) is 0.188. The number of carbonyl (C=O) groups is 1. The molecule has 6 heteroatoms. The number of halogens is 1. The van der Waals surface area contributed by atoms with Crippen LogP contribution in [-0.4, -0.2) is 10.8 Å². The van der Waals surface area contributed by atoms with Gasteiger partial charge in [-0.2, -0.15) is 0 Å². The maximum Gasteiger partial charge on any atom is 0.269 e. The summed E-state index contributed by atoms with van der Waals surface area (Å²) >= 11 is 3.46. The molecule has 2 aromatic rings. The molecule has 1 N–H and O–H groups in total. The van der Waals surface area contributed by atoms with Gasteiger partial charge in [-0.15, -0.1) is 0 Å². The van der Waals surface area contributed by atoms with Crippen LogP contribution in [0, 0.1) is 10.1 Å². The largest absolute Gasteiger partial charge is 0.349 e. The summed E-state index contributed by atoms with van der Waals surface area (Å²) in [6.07, 6.45) is 0.187. The van der Waals surface area contributed by atoms with Crippen LogP contribution in [0.4, 0.5) is 5.69 Å². The summed E-state index contributed by atoms with van der Waals surface area (Å²) in [6.45, 7) is 1.91. The lowest BCUT2D eigenvalue weighted by atomic mass is 10.1. The number of amides is 1. The summed E-state index contributed by atoms with van der Waals surface area (Å²) < 4.78 is 0.943.